The van der Waals surface area contributed by atoms with Gasteiger partial charge in [0.2, 0.25) is 0 Å². The summed E-state index contributed by atoms with van der Waals surface area (Å²) in [6.45, 7) is 3.16. The molecule has 0 amide bonds. The summed E-state index contributed by atoms with van der Waals surface area (Å²) in [7, 11) is 0. The van der Waals surface area contributed by atoms with Crippen LogP contribution >= 0.6 is 0 Å². The Hall–Kier alpha value is -0.980. The Bertz CT molecular complexity index is 453. The Morgan fingerprint density at radius 2 is 2.14 bits per heavy atom. The normalized spacial score (nSPS) is 23.7. The van der Waals surface area contributed by atoms with E-state index in [4.69, 9.17) is 4.74 Å². The molecule has 1 saturated carbocycles. The minimum atomic E-state index is -2.16. The Labute approximate surface area is 128 Å². The summed E-state index contributed by atoms with van der Waals surface area (Å²) in [4.78, 5) is 4.23. The van der Waals surface area contributed by atoms with E-state index in [1.54, 1.807) is 6.20 Å². The molecule has 0 bridgehead atoms. The maximum atomic E-state index is 10.5. The quantitative estimate of drug-likeness (QED) is 0.784. The number of aryl methyl sites for hydroxylation is 1. The molecule has 1 N–H and O–H groups in total. The van der Waals surface area contributed by atoms with Crippen LogP contribution in [-0.4, -0.2) is 26.9 Å². The summed E-state index contributed by atoms with van der Waals surface area (Å²) in [5, 5.41) is 0. The molecule has 0 spiro atoms. The number of nitrogens with one attached hydrogen (secondary N) is 1. The lowest BCUT2D eigenvalue weighted by Gasteiger charge is -2.31. The molecule has 21 heavy (non-hydrogen) atoms. The number of hydrogen-bond acceptors (Lipinski definition) is 4. The maximum Gasteiger partial charge on any atom is 0.137 e. The van der Waals surface area contributed by atoms with Crippen molar-refractivity contribution < 1.29 is 13.5 Å². The van der Waals surface area contributed by atoms with Gasteiger partial charge >= 0.3 is 0 Å². The molecule has 1 aliphatic carbocycles. The molecule has 2 rings (SSSR count). The smallest absolute Gasteiger partial charge is 0.137 e. The van der Waals surface area contributed by atoms with Crippen molar-refractivity contribution in [2.75, 3.05) is 13.2 Å². The van der Waals surface area contributed by atoms with Crippen molar-refractivity contribution in [1.29, 1.82) is 0 Å². The molecule has 1 aliphatic rings. The second-order valence-corrected chi connectivity index (χ2v) is 6.43. The number of aromatic nitrogens is 1. The molecule has 0 aromatic carbocycles. The molecule has 0 aliphatic heterocycles. The highest BCUT2D eigenvalue weighted by Gasteiger charge is 2.25. The number of pyridine rings is 1. The first-order valence-electron chi connectivity index (χ1n) is 7.53. The molecule has 0 saturated heterocycles. The largest absolute Gasteiger partial charge is 0.760 e. The van der Waals surface area contributed by atoms with E-state index >= 15 is 0 Å². The third kappa shape index (κ3) is 5.73. The lowest BCUT2D eigenvalue weighted by Crippen LogP contribution is -2.29. The Morgan fingerprint density at radius 3 is 2.81 bits per heavy atom. The van der Waals surface area contributed by atoms with Gasteiger partial charge in [0.25, 0.3) is 0 Å². The van der Waals surface area contributed by atoms with E-state index in [1.165, 1.54) is 12.8 Å². The van der Waals surface area contributed by atoms with Crippen LogP contribution in [0, 0.1) is 18.8 Å². The first kappa shape index (κ1) is 16.4. The van der Waals surface area contributed by atoms with Gasteiger partial charge in [-0.05, 0) is 43.7 Å². The van der Waals surface area contributed by atoms with Gasteiger partial charge in [-0.1, -0.05) is 19.3 Å². The van der Waals surface area contributed by atoms with Gasteiger partial charge in [-0.3, -0.25) is 9.19 Å². The predicted molar refractivity (Wildman–Crippen MR) is 81.5 cm³/mol. The lowest BCUT2D eigenvalue weighted by molar-refractivity contribution is 0.143. The van der Waals surface area contributed by atoms with Crippen LogP contribution in [0.4, 0.5) is 0 Å². The van der Waals surface area contributed by atoms with Crippen LogP contribution in [0.5, 0.6) is 5.75 Å². The van der Waals surface area contributed by atoms with Crippen LogP contribution in [0.25, 0.3) is 0 Å². The molecule has 1 fully saturated rings. The van der Waals surface area contributed by atoms with Gasteiger partial charge in [-0.15, -0.1) is 0 Å². The Balaban J connectivity index is 1.80. The highest BCUT2D eigenvalue weighted by atomic mass is 32.2. The summed E-state index contributed by atoms with van der Waals surface area (Å²) < 4.78 is 29.3. The molecule has 118 valence electrons. The van der Waals surface area contributed by atoms with Gasteiger partial charge in [-0.25, -0.2) is 4.72 Å². The molecule has 0 radical (unpaired) electrons. The van der Waals surface area contributed by atoms with Gasteiger partial charge < -0.3 is 9.29 Å². The molecule has 1 aromatic rings. The van der Waals surface area contributed by atoms with Gasteiger partial charge in [0.05, 0.1) is 12.8 Å². The van der Waals surface area contributed by atoms with E-state index in [0.29, 0.717) is 25.0 Å². The molecule has 1 heterocycles. The molecular weight excluding hydrogens is 288 g/mol. The Kier molecular flexibility index (Phi) is 6.60. The zero-order valence-electron chi connectivity index (χ0n) is 12.4. The Morgan fingerprint density at radius 1 is 1.38 bits per heavy atom. The van der Waals surface area contributed by atoms with Crippen LogP contribution < -0.4 is 9.46 Å². The lowest BCUT2D eigenvalue weighted by atomic mass is 9.78. The van der Waals surface area contributed by atoms with E-state index in [9.17, 15) is 8.76 Å². The second-order valence-electron chi connectivity index (χ2n) is 5.67. The van der Waals surface area contributed by atoms with Gasteiger partial charge in [0.15, 0.2) is 0 Å². The minimum Gasteiger partial charge on any atom is -0.760 e. The SMILES string of the molecule is Cc1ccc(OCC2CCCCC2CCNS(=O)[O-])cn1. The average Bonchev–Trinajstić information content (AvgIpc) is 2.47. The fourth-order valence-corrected chi connectivity index (χ4v) is 3.24. The summed E-state index contributed by atoms with van der Waals surface area (Å²) in [5.74, 6) is 1.85. The minimum absolute atomic E-state index is 0.502. The third-order valence-corrected chi connectivity index (χ3v) is 4.59. The first-order valence-corrected chi connectivity index (χ1v) is 8.61. The fraction of sp³-hybridized carbons (Fsp3) is 0.667. The molecule has 6 heteroatoms. The monoisotopic (exact) mass is 311 g/mol. The summed E-state index contributed by atoms with van der Waals surface area (Å²) in [6.07, 6.45) is 7.42. The van der Waals surface area contributed by atoms with Crippen LogP contribution in [0.2, 0.25) is 0 Å². The number of ether oxygens (including phenoxy) is 1. The summed E-state index contributed by atoms with van der Waals surface area (Å²) in [6, 6.07) is 3.89. The van der Waals surface area contributed by atoms with E-state index in [-0.39, 0.29) is 0 Å². The fourth-order valence-electron chi connectivity index (χ4n) is 2.95. The van der Waals surface area contributed by atoms with E-state index < -0.39 is 11.3 Å². The highest BCUT2D eigenvalue weighted by molar-refractivity contribution is 7.77. The highest BCUT2D eigenvalue weighted by Crippen LogP contribution is 2.32. The van der Waals surface area contributed by atoms with Crippen molar-refractivity contribution in [2.45, 2.75) is 39.0 Å². The third-order valence-electron chi connectivity index (χ3n) is 4.15. The van der Waals surface area contributed by atoms with Crippen molar-refractivity contribution in [1.82, 2.24) is 9.71 Å². The van der Waals surface area contributed by atoms with E-state index in [0.717, 1.165) is 30.7 Å². The average molecular weight is 311 g/mol. The standard InChI is InChI=1S/C15H24N2O3S/c1-12-6-7-15(10-16-12)20-11-14-5-3-2-4-13(14)8-9-17-21(18)19/h6-7,10,13-14,17H,2-5,8-9,11H2,1H3,(H,18,19)/p-1. The van der Waals surface area contributed by atoms with Crippen LogP contribution in [0.1, 0.15) is 37.8 Å². The van der Waals surface area contributed by atoms with Crippen LogP contribution in [0.15, 0.2) is 18.3 Å². The van der Waals surface area contributed by atoms with Crippen LogP contribution in [-0.2, 0) is 11.3 Å². The zero-order chi connectivity index (χ0) is 15.1. The van der Waals surface area contributed by atoms with Crippen molar-refractivity contribution in [2.24, 2.45) is 11.8 Å². The van der Waals surface area contributed by atoms with Gasteiger partial charge in [0.1, 0.15) is 5.75 Å². The van der Waals surface area contributed by atoms with Gasteiger partial charge in [0, 0.05) is 23.5 Å². The summed E-state index contributed by atoms with van der Waals surface area (Å²) in [5.41, 5.74) is 0.981. The molecule has 3 unspecified atom stereocenters. The topological polar surface area (TPSA) is 74.3 Å². The van der Waals surface area contributed by atoms with Crippen LogP contribution in [0.3, 0.4) is 0 Å². The maximum absolute atomic E-state index is 10.5. The van der Waals surface area contributed by atoms with Crippen molar-refractivity contribution >= 4 is 11.3 Å². The second kappa shape index (κ2) is 8.46. The number of nitrogens with zero attached hydrogens (tertiary/aromatic N) is 1. The molecule has 5 nitrogen and oxygen atoms in total. The van der Waals surface area contributed by atoms with E-state index in [1.807, 2.05) is 19.1 Å². The molecular formula is C15H23N2O3S-. The predicted octanol–water partition coefficient (Wildman–Crippen LogP) is 2.35. The van der Waals surface area contributed by atoms with Crippen molar-refractivity contribution in [3.05, 3.63) is 24.0 Å². The van der Waals surface area contributed by atoms with Gasteiger partial charge in [-0.2, -0.15) is 0 Å². The molecule has 1 aromatic heterocycles. The van der Waals surface area contributed by atoms with Crippen molar-refractivity contribution in [3.63, 3.8) is 0 Å². The van der Waals surface area contributed by atoms with E-state index in [2.05, 4.69) is 9.71 Å². The number of hydrogen-bond donors (Lipinski definition) is 1. The molecule has 3 atom stereocenters. The van der Waals surface area contributed by atoms with Crippen molar-refractivity contribution in [3.8, 4) is 5.75 Å². The first-order chi connectivity index (χ1) is 10.1. The summed E-state index contributed by atoms with van der Waals surface area (Å²) >= 11 is -2.16. The number of rotatable bonds is 7. The zero-order valence-corrected chi connectivity index (χ0v) is 13.2.